The maximum Gasteiger partial charge on any atom is 0.274 e. The van der Waals surface area contributed by atoms with Gasteiger partial charge in [0.05, 0.1) is 16.4 Å². The Labute approximate surface area is 140 Å². The molecule has 110 valence electrons. The molecule has 0 radical (unpaired) electrons. The molecule has 2 aromatic carbocycles. The van der Waals surface area contributed by atoms with Gasteiger partial charge >= 0.3 is 0 Å². The molecule has 0 aliphatic carbocycles. The van der Waals surface area contributed by atoms with E-state index >= 15 is 0 Å². The molecule has 0 aliphatic rings. The van der Waals surface area contributed by atoms with Crippen LogP contribution in [0.15, 0.2) is 75.1 Å². The lowest BCUT2D eigenvalue weighted by Crippen LogP contribution is -2.13. The SMILES string of the molecule is O=C(Nc1ccccc1Sc1ccccc1)c1[nH]ncc1Br. The smallest absolute Gasteiger partial charge is 0.274 e. The number of halogens is 1. The summed E-state index contributed by atoms with van der Waals surface area (Å²) in [5.41, 5.74) is 1.17. The Balaban J connectivity index is 1.83. The lowest BCUT2D eigenvalue weighted by molar-refractivity contribution is 0.102. The standard InChI is InChI=1S/C16H12BrN3OS/c17-12-10-18-20-15(12)16(21)19-13-8-4-5-9-14(13)22-11-6-2-1-3-7-11/h1-10H,(H,18,20)(H,19,21). The first-order valence-corrected chi connectivity index (χ1v) is 8.17. The summed E-state index contributed by atoms with van der Waals surface area (Å²) < 4.78 is 0.637. The molecule has 0 saturated carbocycles. The van der Waals surface area contributed by atoms with Gasteiger partial charge in [-0.25, -0.2) is 0 Å². The van der Waals surface area contributed by atoms with E-state index in [1.165, 1.54) is 0 Å². The van der Waals surface area contributed by atoms with Crippen LogP contribution in [0.1, 0.15) is 10.5 Å². The first-order valence-electron chi connectivity index (χ1n) is 6.56. The molecule has 0 bridgehead atoms. The zero-order valence-corrected chi connectivity index (χ0v) is 13.8. The number of hydrogen-bond acceptors (Lipinski definition) is 3. The molecule has 0 unspecified atom stereocenters. The van der Waals surface area contributed by atoms with Crippen LogP contribution < -0.4 is 5.32 Å². The van der Waals surface area contributed by atoms with Crippen LogP contribution in [0.4, 0.5) is 5.69 Å². The van der Waals surface area contributed by atoms with Crippen LogP contribution in [0.5, 0.6) is 0 Å². The van der Waals surface area contributed by atoms with Crippen LogP contribution >= 0.6 is 27.7 Å². The van der Waals surface area contributed by atoms with Gasteiger partial charge in [-0.1, -0.05) is 42.1 Å². The number of H-pyrrole nitrogens is 1. The number of rotatable bonds is 4. The quantitative estimate of drug-likeness (QED) is 0.703. The van der Waals surface area contributed by atoms with Gasteiger partial charge in [0.1, 0.15) is 5.69 Å². The van der Waals surface area contributed by atoms with E-state index in [1.807, 2.05) is 54.6 Å². The van der Waals surface area contributed by atoms with E-state index in [2.05, 4.69) is 31.4 Å². The molecule has 0 fully saturated rings. The molecule has 6 heteroatoms. The Morgan fingerprint density at radius 2 is 1.82 bits per heavy atom. The number of hydrogen-bond donors (Lipinski definition) is 2. The minimum Gasteiger partial charge on any atom is -0.320 e. The van der Waals surface area contributed by atoms with Crippen molar-refractivity contribution in [3.63, 3.8) is 0 Å². The van der Waals surface area contributed by atoms with Crippen molar-refractivity contribution in [2.75, 3.05) is 5.32 Å². The van der Waals surface area contributed by atoms with Crippen molar-refractivity contribution in [1.82, 2.24) is 10.2 Å². The van der Waals surface area contributed by atoms with Crippen molar-refractivity contribution in [2.45, 2.75) is 9.79 Å². The fourth-order valence-corrected chi connectivity index (χ4v) is 3.18. The average molecular weight is 374 g/mol. The first kappa shape index (κ1) is 14.9. The number of carbonyl (C=O) groups excluding carboxylic acids is 1. The van der Waals surface area contributed by atoms with E-state index < -0.39 is 0 Å². The van der Waals surface area contributed by atoms with Gasteiger partial charge in [0.25, 0.3) is 5.91 Å². The second-order valence-electron chi connectivity index (χ2n) is 4.46. The van der Waals surface area contributed by atoms with Crippen molar-refractivity contribution >= 4 is 39.3 Å². The third kappa shape index (κ3) is 3.40. The number of benzene rings is 2. The molecule has 1 amide bonds. The van der Waals surface area contributed by atoms with Crippen molar-refractivity contribution < 1.29 is 4.79 Å². The second-order valence-corrected chi connectivity index (χ2v) is 6.43. The van der Waals surface area contributed by atoms with E-state index in [9.17, 15) is 4.79 Å². The van der Waals surface area contributed by atoms with Gasteiger partial charge in [0, 0.05) is 9.79 Å². The molecule has 22 heavy (non-hydrogen) atoms. The van der Waals surface area contributed by atoms with Crippen molar-refractivity contribution in [3.05, 3.63) is 71.0 Å². The van der Waals surface area contributed by atoms with E-state index in [4.69, 9.17) is 0 Å². The lowest BCUT2D eigenvalue weighted by Gasteiger charge is -2.10. The highest BCUT2D eigenvalue weighted by atomic mass is 79.9. The Morgan fingerprint density at radius 3 is 2.55 bits per heavy atom. The first-order chi connectivity index (χ1) is 10.7. The van der Waals surface area contributed by atoms with Gasteiger partial charge in [-0.3, -0.25) is 9.89 Å². The molecule has 1 aromatic heterocycles. The van der Waals surface area contributed by atoms with Gasteiger partial charge < -0.3 is 5.32 Å². The molecule has 3 aromatic rings. The zero-order chi connectivity index (χ0) is 15.4. The number of aromatic nitrogens is 2. The van der Waals surface area contributed by atoms with E-state index in [0.717, 1.165) is 15.5 Å². The molecule has 0 saturated heterocycles. The third-order valence-corrected chi connectivity index (χ3v) is 4.61. The predicted molar refractivity (Wildman–Crippen MR) is 91.2 cm³/mol. The fourth-order valence-electron chi connectivity index (χ4n) is 1.89. The van der Waals surface area contributed by atoms with Gasteiger partial charge in [0.15, 0.2) is 0 Å². The molecular formula is C16H12BrN3OS. The Morgan fingerprint density at radius 1 is 1.09 bits per heavy atom. The normalized spacial score (nSPS) is 10.4. The number of amides is 1. The van der Waals surface area contributed by atoms with Crippen LogP contribution in [0.2, 0.25) is 0 Å². The lowest BCUT2D eigenvalue weighted by atomic mass is 10.3. The Bertz CT molecular complexity index is 789. The van der Waals surface area contributed by atoms with Crippen molar-refractivity contribution in [1.29, 1.82) is 0 Å². The molecule has 2 N–H and O–H groups in total. The molecule has 0 spiro atoms. The van der Waals surface area contributed by atoms with Gasteiger partial charge in [-0.2, -0.15) is 5.10 Å². The maximum atomic E-state index is 12.3. The highest BCUT2D eigenvalue weighted by molar-refractivity contribution is 9.10. The molecule has 0 aliphatic heterocycles. The summed E-state index contributed by atoms with van der Waals surface area (Å²) in [6.07, 6.45) is 1.56. The Kier molecular flexibility index (Phi) is 4.60. The topological polar surface area (TPSA) is 57.8 Å². The van der Waals surface area contributed by atoms with E-state index in [0.29, 0.717) is 10.2 Å². The van der Waals surface area contributed by atoms with Crippen LogP contribution in [-0.4, -0.2) is 16.1 Å². The second kappa shape index (κ2) is 6.81. The summed E-state index contributed by atoms with van der Waals surface area (Å²) in [6.45, 7) is 0. The Hall–Kier alpha value is -2.05. The number of anilines is 1. The molecular weight excluding hydrogens is 362 g/mol. The van der Waals surface area contributed by atoms with Gasteiger partial charge in [-0.15, -0.1) is 0 Å². The van der Waals surface area contributed by atoms with Crippen molar-refractivity contribution in [3.8, 4) is 0 Å². The summed E-state index contributed by atoms with van der Waals surface area (Å²) in [5.74, 6) is -0.231. The molecule has 4 nitrogen and oxygen atoms in total. The van der Waals surface area contributed by atoms with Crippen molar-refractivity contribution in [2.24, 2.45) is 0 Å². The van der Waals surface area contributed by atoms with Crippen LogP contribution in [0.3, 0.4) is 0 Å². The molecule has 3 rings (SSSR count). The highest BCUT2D eigenvalue weighted by Crippen LogP contribution is 2.33. The summed E-state index contributed by atoms with van der Waals surface area (Å²) in [5, 5.41) is 9.43. The van der Waals surface area contributed by atoms with Crippen LogP contribution in [0.25, 0.3) is 0 Å². The summed E-state index contributed by atoms with van der Waals surface area (Å²) >= 11 is 4.90. The summed E-state index contributed by atoms with van der Waals surface area (Å²) in [6, 6.07) is 17.7. The minimum atomic E-state index is -0.231. The monoisotopic (exact) mass is 373 g/mol. The fraction of sp³-hybridized carbons (Fsp3) is 0. The largest absolute Gasteiger partial charge is 0.320 e. The number of nitrogens with one attached hydrogen (secondary N) is 2. The maximum absolute atomic E-state index is 12.3. The molecule has 1 heterocycles. The zero-order valence-electron chi connectivity index (χ0n) is 11.4. The number of para-hydroxylation sites is 1. The van der Waals surface area contributed by atoms with Gasteiger partial charge in [0.2, 0.25) is 0 Å². The van der Waals surface area contributed by atoms with E-state index in [-0.39, 0.29) is 5.91 Å². The number of aromatic amines is 1. The summed E-state index contributed by atoms with van der Waals surface area (Å²) in [7, 11) is 0. The molecule has 0 atom stereocenters. The van der Waals surface area contributed by atoms with Crippen LogP contribution in [0, 0.1) is 0 Å². The third-order valence-electron chi connectivity index (χ3n) is 2.93. The summed E-state index contributed by atoms with van der Waals surface area (Å²) in [4.78, 5) is 14.4. The minimum absolute atomic E-state index is 0.231. The average Bonchev–Trinajstić information content (AvgIpc) is 2.96. The van der Waals surface area contributed by atoms with E-state index in [1.54, 1.807) is 18.0 Å². The van der Waals surface area contributed by atoms with Gasteiger partial charge in [-0.05, 0) is 40.2 Å². The number of nitrogens with zero attached hydrogens (tertiary/aromatic N) is 1. The van der Waals surface area contributed by atoms with Crippen LogP contribution in [-0.2, 0) is 0 Å². The number of carbonyl (C=O) groups is 1. The highest BCUT2D eigenvalue weighted by Gasteiger charge is 2.14. The predicted octanol–water partition coefficient (Wildman–Crippen LogP) is 4.58.